The third kappa shape index (κ3) is 25.5. The van der Waals surface area contributed by atoms with E-state index in [4.69, 9.17) is 25.5 Å². The van der Waals surface area contributed by atoms with Crippen molar-refractivity contribution in [2.24, 2.45) is 13.0 Å². The van der Waals surface area contributed by atoms with Crippen molar-refractivity contribution in [3.05, 3.63) is 313 Å². The highest BCUT2D eigenvalue weighted by Crippen LogP contribution is 2.39. The van der Waals surface area contributed by atoms with Crippen LogP contribution in [0.3, 0.4) is 0 Å². The number of hydrogen-bond acceptors (Lipinski definition) is 19. The zero-order valence-corrected chi connectivity index (χ0v) is 86.1. The van der Waals surface area contributed by atoms with Crippen molar-refractivity contribution in [2.45, 2.75) is 227 Å². The summed E-state index contributed by atoms with van der Waals surface area (Å²) in [4.78, 5) is 86.0. The van der Waals surface area contributed by atoms with Gasteiger partial charge in [0.2, 0.25) is 35.4 Å². The lowest BCUT2D eigenvalue weighted by atomic mass is 10.1. The summed E-state index contributed by atoms with van der Waals surface area (Å²) in [5.74, 6) is 6.65. The molecule has 6 amide bonds. The molecule has 13 heterocycles. The fourth-order valence-corrected chi connectivity index (χ4v) is 19.4. The first kappa shape index (κ1) is 102. The topological polar surface area (TPSA) is 314 Å². The van der Waals surface area contributed by atoms with Gasteiger partial charge in [-0.15, -0.1) is 0 Å². The van der Waals surface area contributed by atoms with Crippen LogP contribution < -0.4 is 31.9 Å². The molecule has 7 aromatic heterocycles. The van der Waals surface area contributed by atoms with Gasteiger partial charge in [-0.25, -0.2) is 0 Å². The van der Waals surface area contributed by atoms with E-state index in [1.165, 1.54) is 91.5 Å². The number of aromatic nitrogens is 13. The van der Waals surface area contributed by atoms with Crippen LogP contribution in [0.4, 0.5) is 69.0 Å². The number of anilines is 12. The van der Waals surface area contributed by atoms with E-state index in [0.29, 0.717) is 51.9 Å². The highest BCUT2D eigenvalue weighted by molar-refractivity contribution is 5.79. The molecule has 0 bridgehead atoms. The monoisotopic (exact) mass is 1940 g/mol. The van der Waals surface area contributed by atoms with E-state index in [1.807, 2.05) is 131 Å². The molecule has 7 aliphatic rings. The highest BCUT2D eigenvalue weighted by Gasteiger charge is 2.35. The van der Waals surface area contributed by atoms with Crippen molar-refractivity contribution in [3.63, 3.8) is 0 Å². The quantitative estimate of drug-likeness (QED) is 0.0413. The van der Waals surface area contributed by atoms with Gasteiger partial charge >= 0.3 is 0 Å². The Balaban J connectivity index is 0.000000124. The van der Waals surface area contributed by atoms with Crippen molar-refractivity contribution in [1.82, 2.24) is 93.1 Å². The van der Waals surface area contributed by atoms with Crippen molar-refractivity contribution in [1.29, 1.82) is 0 Å². The zero-order chi connectivity index (χ0) is 102. The Bertz CT molecular complexity index is 6770. The van der Waals surface area contributed by atoms with Gasteiger partial charge in [-0.2, -0.15) is 30.6 Å². The van der Waals surface area contributed by atoms with E-state index in [-0.39, 0.29) is 35.4 Å². The van der Waals surface area contributed by atoms with Gasteiger partial charge in [0.1, 0.15) is 0 Å². The molecule has 0 radical (unpaired) electrons. The van der Waals surface area contributed by atoms with E-state index in [2.05, 4.69) is 226 Å². The second-order valence-electron chi connectivity index (χ2n) is 39.0. The maximum absolute atomic E-state index is 11.9. The Labute approximate surface area is 844 Å². The van der Waals surface area contributed by atoms with Gasteiger partial charge in [-0.3, -0.25) is 61.8 Å². The van der Waals surface area contributed by atoms with Crippen molar-refractivity contribution in [2.75, 3.05) is 71.2 Å². The third-order valence-corrected chi connectivity index (χ3v) is 27.4. The second kappa shape index (κ2) is 46.1. The van der Waals surface area contributed by atoms with E-state index in [0.717, 1.165) is 206 Å². The molecule has 144 heavy (non-hydrogen) atoms. The van der Waals surface area contributed by atoms with Gasteiger partial charge < -0.3 is 61.3 Å². The molecule has 0 spiro atoms. The summed E-state index contributed by atoms with van der Waals surface area (Å²) >= 11 is 0. The molecular weight excluding hydrogens is 1800 g/mol. The number of nitrogens with one attached hydrogen (secondary N) is 6. The van der Waals surface area contributed by atoms with E-state index >= 15 is 0 Å². The summed E-state index contributed by atoms with van der Waals surface area (Å²) in [7, 11) is 1.96. The number of aryl methyl sites for hydroxylation is 8. The average Bonchev–Trinajstić information content (AvgIpc) is 1.64. The van der Waals surface area contributed by atoms with Crippen LogP contribution in [0.5, 0.6) is 0 Å². The number of rotatable bonds is 20. The minimum Gasteiger partial charge on any atom is -0.338 e. The number of carbonyl (C=O) groups is 6. The van der Waals surface area contributed by atoms with Gasteiger partial charge in [0.25, 0.3) is 0 Å². The van der Waals surface area contributed by atoms with E-state index in [1.54, 1.807) is 53.9 Å². The number of hydrogen-bond donors (Lipinski definition) is 6. The molecule has 0 atom stereocenters. The Morgan fingerprint density at radius 1 is 0.312 bits per heavy atom. The fourth-order valence-electron chi connectivity index (χ4n) is 19.4. The lowest BCUT2D eigenvalue weighted by Crippen LogP contribution is -2.34. The van der Waals surface area contributed by atoms with Crippen LogP contribution in [0.1, 0.15) is 193 Å². The minimum absolute atomic E-state index is 0.101. The Kier molecular flexibility index (Phi) is 32.5. The zero-order valence-electron chi connectivity index (χ0n) is 86.1. The van der Waals surface area contributed by atoms with Gasteiger partial charge in [-0.1, -0.05) is 103 Å². The fraction of sp³-hybridized carbons (Fsp3) is 0.372. The molecule has 750 valence electrons. The number of fused-ring (bicyclic) bond motifs is 6. The number of pyridine rings is 1. The number of carbonyl (C=O) groups excluding carboxylic acids is 6. The summed E-state index contributed by atoms with van der Waals surface area (Å²) in [5.41, 5.74) is 30.0. The first-order chi connectivity index (χ1) is 69.4. The molecule has 1 fully saturated rings. The maximum Gasteiger partial charge on any atom is 0.219 e. The summed E-state index contributed by atoms with van der Waals surface area (Å²) in [5, 5.41) is 49.3. The molecule has 21 rings (SSSR count). The normalized spacial score (nSPS) is 14.2. The van der Waals surface area contributed by atoms with Crippen molar-refractivity contribution in [3.8, 4) is 0 Å². The lowest BCUT2D eigenvalue weighted by molar-refractivity contribution is -0.130. The molecular formula is C113H137N25O6. The Hall–Kier alpha value is -15.4. The van der Waals surface area contributed by atoms with Crippen LogP contribution in [0.2, 0.25) is 0 Å². The van der Waals surface area contributed by atoms with Gasteiger partial charge in [0.15, 0.2) is 34.9 Å². The summed E-state index contributed by atoms with van der Waals surface area (Å²) in [6, 6.07) is 64.2. The molecule has 6 aliphatic heterocycles. The summed E-state index contributed by atoms with van der Waals surface area (Å²) in [6.07, 6.45) is 11.3. The molecule has 7 aromatic carbocycles. The number of amides is 6. The summed E-state index contributed by atoms with van der Waals surface area (Å²) in [6.45, 7) is 40.2. The molecule has 31 nitrogen and oxygen atoms in total. The van der Waals surface area contributed by atoms with E-state index < -0.39 is 0 Å². The van der Waals surface area contributed by atoms with E-state index in [9.17, 15) is 28.8 Å². The first-order valence-electron chi connectivity index (χ1n) is 50.4. The third-order valence-electron chi connectivity index (χ3n) is 27.4. The van der Waals surface area contributed by atoms with Gasteiger partial charge in [0.05, 0.1) is 52.4 Å². The lowest BCUT2D eigenvalue weighted by Gasteiger charge is -2.27. The molecule has 1 saturated carbocycles. The SMILES string of the molecule is CC(=O)N1CCc2c(c(Nc3cccc(C)c3)nn2C(C)C)C1.CC(=O)N1CCc2c(c(Nc3cccc(C)c3)nn2C)C1.CC(=O)N1CCc2c(c(Nc3cccc(C)c3)nn2CC2CC2)C1.CC(=O)N1CCc2c(c(Nc3cccc(C)c3)nn2Cc2ccccc2)C1.CC(=O)N1CCc2c(c(Nc3cccc(C)c3)nn2Cc2ccncc2)C1.CCn1nc(Nc2cccc(C)c2)c2c1CCN(C(C)=O)C2. The average molecular weight is 1940 g/mol. The smallest absolute Gasteiger partial charge is 0.219 e. The number of nitrogens with zero attached hydrogens (tertiary/aromatic N) is 19. The predicted octanol–water partition coefficient (Wildman–Crippen LogP) is 19.1. The van der Waals surface area contributed by atoms with Crippen LogP contribution in [-0.2, 0) is 140 Å². The minimum atomic E-state index is 0.101. The molecule has 14 aromatic rings. The Morgan fingerprint density at radius 3 is 0.882 bits per heavy atom. The standard InChI is InChI=1S/C22H24N4O.C21H23N5O.C19H24N4O.C18H24N4O.C17H22N4O.C16H20N4O/c1-16-7-6-10-19(13-16)23-22-20-15-25(17(2)27)12-11-21(20)26(24-22)14-18-8-4-3-5-9-18;1-15-4-3-5-18(12-15)23-21-19-14-25(16(2)27)11-8-20(19)26(24-21)13-17-6-9-22-10-7-17;1-13-4-3-5-16(10-13)20-19-17-12-22(14(2)24)9-8-18(17)23(21-19)11-15-6-7-15;1-12(2)22-17-8-9-21(14(4)23)11-16(17)18(20-22)19-15-7-5-6-13(3)10-15;1-4-21-16-8-9-20(13(3)22)11-15(16)17(19-21)18-14-7-5-6-12(2)10-14;1-11-5-4-6-13(9-11)17-16-14-10-20(12(2)21)8-7-15(14)19(3)18-16/h3-10,13H,11-12,14-15H2,1-2H3,(H,23,24);3-7,9-10,12H,8,11,13-14H2,1-2H3,(H,23,24);3-5,10,15H,6-9,11-12H2,1-2H3,(H,20,21);5-7,10,12H,8-9,11H2,1-4H3,(H,19,20);5-7,10H,4,8-9,11H2,1-3H3,(H,18,19);4-6,9H,7-8,10H2,1-3H3,(H,17,18). The van der Waals surface area contributed by atoms with Crippen molar-refractivity contribution < 1.29 is 28.8 Å². The second-order valence-corrected chi connectivity index (χ2v) is 39.0. The predicted molar refractivity (Wildman–Crippen MR) is 568 cm³/mol. The maximum atomic E-state index is 11.9. The van der Waals surface area contributed by atoms with Crippen LogP contribution in [-0.4, -0.2) is 168 Å². The largest absolute Gasteiger partial charge is 0.338 e. The van der Waals surface area contributed by atoms with Crippen LogP contribution in [0.25, 0.3) is 0 Å². The molecule has 31 heteroatoms. The van der Waals surface area contributed by atoms with Gasteiger partial charge in [-0.05, 0) is 211 Å². The highest BCUT2D eigenvalue weighted by atomic mass is 16.2. The van der Waals surface area contributed by atoms with Crippen LogP contribution in [0, 0.1) is 47.5 Å². The first-order valence-corrected chi connectivity index (χ1v) is 50.4. The Morgan fingerprint density at radius 2 is 0.576 bits per heavy atom. The summed E-state index contributed by atoms with van der Waals surface area (Å²) < 4.78 is 12.4. The molecule has 0 unspecified atom stereocenters. The molecule has 1 aliphatic carbocycles. The molecule has 6 N–H and O–H groups in total. The van der Waals surface area contributed by atoms with Crippen LogP contribution >= 0.6 is 0 Å². The number of benzene rings is 7. The van der Waals surface area contributed by atoms with Gasteiger partial charge in [0, 0.05) is 260 Å². The molecule has 0 saturated heterocycles. The van der Waals surface area contributed by atoms with Crippen molar-refractivity contribution >= 4 is 104 Å². The van der Waals surface area contributed by atoms with Crippen LogP contribution in [0.15, 0.2) is 200 Å².